The summed E-state index contributed by atoms with van der Waals surface area (Å²) in [5, 5.41) is 0. The Morgan fingerprint density at radius 2 is 0.436 bits per heavy atom. The summed E-state index contributed by atoms with van der Waals surface area (Å²) in [6.45, 7) is 13.7. The highest BCUT2D eigenvalue weighted by molar-refractivity contribution is 4.67. The number of hydrogen-bond acceptors (Lipinski definition) is 13. The summed E-state index contributed by atoms with van der Waals surface area (Å²) in [6.07, 6.45) is 0.599. The van der Waals surface area contributed by atoms with Crippen LogP contribution in [-0.2, 0) is 61.6 Å². The zero-order valence-electron chi connectivity index (χ0n) is 23.4. The van der Waals surface area contributed by atoms with Crippen molar-refractivity contribution < 1.29 is 61.6 Å². The maximum absolute atomic E-state index is 5.46. The van der Waals surface area contributed by atoms with Crippen molar-refractivity contribution in [2.24, 2.45) is 0 Å². The van der Waals surface area contributed by atoms with Crippen LogP contribution in [0.5, 0.6) is 0 Å². The van der Waals surface area contributed by atoms with Crippen LogP contribution in [-0.4, -0.2) is 171 Å². The first-order valence-corrected chi connectivity index (χ1v) is 14.0. The number of ether oxygens (including phenoxy) is 13. The van der Waals surface area contributed by atoms with Gasteiger partial charge in [-0.1, -0.05) is 0 Å². The molecule has 0 saturated carbocycles. The van der Waals surface area contributed by atoms with Crippen molar-refractivity contribution >= 4 is 0 Å². The Balaban J connectivity index is 1.10. The Kier molecular flexibility index (Phi) is 24.6. The van der Waals surface area contributed by atoms with E-state index < -0.39 is 0 Å². The Labute approximate surface area is 232 Å². The molecular formula is C26H50O13. The molecule has 0 N–H and O–H groups in total. The van der Waals surface area contributed by atoms with Gasteiger partial charge in [0.25, 0.3) is 0 Å². The second-order valence-corrected chi connectivity index (χ2v) is 8.57. The topological polar surface area (TPSA) is 127 Å². The number of hydrogen-bond donors (Lipinski definition) is 0. The van der Waals surface area contributed by atoms with Gasteiger partial charge in [-0.15, -0.1) is 0 Å². The summed E-state index contributed by atoms with van der Waals surface area (Å²) in [5.41, 5.74) is 0. The Bertz CT molecular complexity index is 452. The third kappa shape index (κ3) is 27.4. The van der Waals surface area contributed by atoms with Gasteiger partial charge < -0.3 is 61.6 Å². The average Bonchev–Trinajstić information content (AvgIpc) is 3.87. The second kappa shape index (κ2) is 27.6. The summed E-state index contributed by atoms with van der Waals surface area (Å²) in [4.78, 5) is 0. The van der Waals surface area contributed by atoms with Gasteiger partial charge in [-0.2, -0.15) is 0 Å². The van der Waals surface area contributed by atoms with Crippen LogP contribution in [0.4, 0.5) is 0 Å². The van der Waals surface area contributed by atoms with E-state index in [1.165, 1.54) is 0 Å². The summed E-state index contributed by atoms with van der Waals surface area (Å²) in [6, 6.07) is 0. The quantitative estimate of drug-likeness (QED) is 0.0760. The SMILES string of the molecule is C(COCCOCCOCCOCCOCC1CO1)OCCOCCOCCOCCOCCOCC1CO1. The molecule has 0 radical (unpaired) electrons. The molecular weight excluding hydrogens is 520 g/mol. The Morgan fingerprint density at radius 3 is 0.590 bits per heavy atom. The van der Waals surface area contributed by atoms with Gasteiger partial charge in [0.2, 0.25) is 0 Å². The summed E-state index contributed by atoms with van der Waals surface area (Å²) in [5.74, 6) is 0. The lowest BCUT2D eigenvalue weighted by Crippen LogP contribution is -2.15. The van der Waals surface area contributed by atoms with E-state index in [2.05, 4.69) is 0 Å². The molecule has 13 heteroatoms. The Hall–Kier alpha value is -0.520. The normalized spacial score (nSPS) is 18.2. The fraction of sp³-hybridized carbons (Fsp3) is 1.00. The van der Waals surface area contributed by atoms with E-state index in [9.17, 15) is 0 Å². The molecule has 39 heavy (non-hydrogen) atoms. The highest BCUT2D eigenvalue weighted by Crippen LogP contribution is 2.08. The van der Waals surface area contributed by atoms with Crippen LogP contribution < -0.4 is 0 Å². The van der Waals surface area contributed by atoms with Crippen molar-refractivity contribution in [2.75, 3.05) is 159 Å². The van der Waals surface area contributed by atoms with Crippen molar-refractivity contribution in [2.45, 2.75) is 12.2 Å². The van der Waals surface area contributed by atoms with Gasteiger partial charge in [0, 0.05) is 0 Å². The summed E-state index contributed by atoms with van der Waals surface area (Å²) < 4.78 is 69.8. The van der Waals surface area contributed by atoms with Crippen LogP contribution in [0.1, 0.15) is 0 Å². The molecule has 2 atom stereocenters. The molecule has 2 unspecified atom stereocenters. The van der Waals surface area contributed by atoms with Gasteiger partial charge in [0.1, 0.15) is 12.2 Å². The van der Waals surface area contributed by atoms with Gasteiger partial charge in [-0.3, -0.25) is 0 Å². The van der Waals surface area contributed by atoms with Gasteiger partial charge in [-0.05, 0) is 0 Å². The van der Waals surface area contributed by atoms with Gasteiger partial charge in [0.15, 0.2) is 0 Å². The molecule has 2 aliphatic heterocycles. The second-order valence-electron chi connectivity index (χ2n) is 8.57. The predicted octanol–water partition coefficient (Wildman–Crippen LogP) is -0.0334. The molecule has 2 fully saturated rings. The molecule has 0 aromatic rings. The van der Waals surface area contributed by atoms with E-state index in [-0.39, 0.29) is 0 Å². The first kappa shape index (κ1) is 34.7. The van der Waals surface area contributed by atoms with Crippen LogP contribution >= 0.6 is 0 Å². The number of rotatable bonds is 34. The molecule has 2 rings (SSSR count). The van der Waals surface area contributed by atoms with Crippen LogP contribution in [0.2, 0.25) is 0 Å². The zero-order chi connectivity index (χ0) is 27.3. The maximum Gasteiger partial charge on any atom is 0.104 e. The van der Waals surface area contributed by atoms with Crippen molar-refractivity contribution in [3.8, 4) is 0 Å². The van der Waals surface area contributed by atoms with Crippen molar-refractivity contribution in [3.05, 3.63) is 0 Å². The summed E-state index contributed by atoms with van der Waals surface area (Å²) >= 11 is 0. The van der Waals surface area contributed by atoms with E-state index >= 15 is 0 Å². The van der Waals surface area contributed by atoms with Gasteiger partial charge >= 0.3 is 0 Å². The summed E-state index contributed by atoms with van der Waals surface area (Å²) in [7, 11) is 0. The maximum atomic E-state index is 5.46. The molecule has 0 amide bonds. The lowest BCUT2D eigenvalue weighted by molar-refractivity contribution is -0.0277. The average molecular weight is 571 g/mol. The lowest BCUT2D eigenvalue weighted by atomic mass is 10.5. The van der Waals surface area contributed by atoms with E-state index in [1.54, 1.807) is 0 Å². The predicted molar refractivity (Wildman–Crippen MR) is 138 cm³/mol. The van der Waals surface area contributed by atoms with E-state index in [0.29, 0.717) is 158 Å². The lowest BCUT2D eigenvalue weighted by Gasteiger charge is -2.09. The van der Waals surface area contributed by atoms with E-state index in [0.717, 1.165) is 13.2 Å². The molecule has 2 heterocycles. The monoisotopic (exact) mass is 570 g/mol. The standard InChI is InChI=1S/C26H50O13/c1(3-28-5-7-30-9-11-32-13-15-34-17-19-36-21-25-23-38-25)27-2-4-29-6-8-31-10-12-33-14-16-35-18-20-37-22-26-24-39-26/h25-26H,1-24H2. The Morgan fingerprint density at radius 1 is 0.282 bits per heavy atom. The molecule has 0 bridgehead atoms. The molecule has 232 valence electrons. The minimum absolute atomic E-state index is 0.299. The first-order chi connectivity index (χ1) is 19.4. The van der Waals surface area contributed by atoms with E-state index in [4.69, 9.17) is 61.6 Å². The van der Waals surface area contributed by atoms with Crippen LogP contribution in [0.3, 0.4) is 0 Å². The number of epoxide rings is 2. The largest absolute Gasteiger partial charge is 0.377 e. The van der Waals surface area contributed by atoms with Crippen LogP contribution in [0, 0.1) is 0 Å². The molecule has 0 spiro atoms. The molecule has 13 nitrogen and oxygen atoms in total. The minimum atomic E-state index is 0.299. The fourth-order valence-corrected chi connectivity index (χ4v) is 2.86. The molecule has 0 aliphatic carbocycles. The smallest absolute Gasteiger partial charge is 0.104 e. The third-order valence-electron chi connectivity index (χ3n) is 5.13. The van der Waals surface area contributed by atoms with Crippen molar-refractivity contribution in [3.63, 3.8) is 0 Å². The molecule has 2 aliphatic rings. The minimum Gasteiger partial charge on any atom is -0.377 e. The van der Waals surface area contributed by atoms with Crippen LogP contribution in [0.25, 0.3) is 0 Å². The van der Waals surface area contributed by atoms with Crippen LogP contribution in [0.15, 0.2) is 0 Å². The molecule has 0 aromatic heterocycles. The van der Waals surface area contributed by atoms with Gasteiger partial charge in [-0.25, -0.2) is 0 Å². The van der Waals surface area contributed by atoms with E-state index in [1.807, 2.05) is 0 Å². The third-order valence-corrected chi connectivity index (χ3v) is 5.13. The zero-order valence-corrected chi connectivity index (χ0v) is 23.4. The van der Waals surface area contributed by atoms with Crippen molar-refractivity contribution in [1.82, 2.24) is 0 Å². The molecule has 0 aromatic carbocycles. The highest BCUT2D eigenvalue weighted by Gasteiger charge is 2.22. The highest BCUT2D eigenvalue weighted by atomic mass is 16.6. The van der Waals surface area contributed by atoms with Crippen molar-refractivity contribution in [1.29, 1.82) is 0 Å². The molecule has 2 saturated heterocycles. The fourth-order valence-electron chi connectivity index (χ4n) is 2.86. The van der Waals surface area contributed by atoms with Gasteiger partial charge in [0.05, 0.1) is 159 Å². The first-order valence-electron chi connectivity index (χ1n) is 14.0.